The fourth-order valence-corrected chi connectivity index (χ4v) is 3.14. The number of fused-ring (bicyclic) bond motifs is 3. The molecular formula is C18H18N2O3. The van der Waals surface area contributed by atoms with Crippen LogP contribution in [0.5, 0.6) is 5.75 Å². The fraction of sp³-hybridized carbons (Fsp3) is 0.278. The van der Waals surface area contributed by atoms with Crippen LogP contribution in [0.1, 0.15) is 34.7 Å². The normalized spacial score (nSPS) is 23.6. The third kappa shape index (κ3) is 2.04. The molecule has 23 heavy (non-hydrogen) atoms. The Bertz CT molecular complexity index is 873. The van der Waals surface area contributed by atoms with Crippen molar-refractivity contribution < 1.29 is 14.9 Å². The summed E-state index contributed by atoms with van der Waals surface area (Å²) in [4.78, 5) is 4.56. The number of aromatic nitrogens is 2. The van der Waals surface area contributed by atoms with E-state index in [4.69, 9.17) is 4.74 Å². The monoisotopic (exact) mass is 310 g/mol. The second-order valence-corrected chi connectivity index (χ2v) is 5.96. The smallest absolute Gasteiger partial charge is 0.180 e. The van der Waals surface area contributed by atoms with Gasteiger partial charge in [-0.1, -0.05) is 30.3 Å². The minimum atomic E-state index is -1.02. The summed E-state index contributed by atoms with van der Waals surface area (Å²) < 4.78 is 8.03. The van der Waals surface area contributed by atoms with Gasteiger partial charge in [0.2, 0.25) is 0 Å². The molecule has 118 valence electrons. The molecule has 3 heterocycles. The predicted octanol–water partition coefficient (Wildman–Crippen LogP) is 2.48. The van der Waals surface area contributed by atoms with Crippen LogP contribution in [0.2, 0.25) is 0 Å². The molecule has 0 amide bonds. The number of pyridine rings is 1. The lowest BCUT2D eigenvalue weighted by Crippen LogP contribution is -2.34. The first kappa shape index (κ1) is 14.2. The first-order valence-electron chi connectivity index (χ1n) is 7.64. The number of hydrogen-bond donors (Lipinski definition) is 2. The quantitative estimate of drug-likeness (QED) is 0.724. The molecule has 5 heteroatoms. The zero-order chi connectivity index (χ0) is 16.1. The highest BCUT2D eigenvalue weighted by Gasteiger charge is 2.38. The maximum atomic E-state index is 10.5. The third-order valence-electron chi connectivity index (χ3n) is 4.58. The molecule has 0 saturated heterocycles. The molecule has 0 radical (unpaired) electrons. The van der Waals surface area contributed by atoms with Gasteiger partial charge in [0.25, 0.3) is 0 Å². The number of aryl methyl sites for hydroxylation is 2. The highest BCUT2D eigenvalue weighted by Crippen LogP contribution is 2.43. The summed E-state index contributed by atoms with van der Waals surface area (Å²) in [5, 5.41) is 21.0. The average molecular weight is 310 g/mol. The van der Waals surface area contributed by atoms with Crippen molar-refractivity contribution in [3.63, 3.8) is 0 Å². The van der Waals surface area contributed by atoms with Crippen molar-refractivity contribution in [1.82, 2.24) is 9.38 Å². The third-order valence-corrected chi connectivity index (χ3v) is 4.58. The van der Waals surface area contributed by atoms with Crippen LogP contribution in [-0.4, -0.2) is 25.7 Å². The molecule has 3 unspecified atom stereocenters. The van der Waals surface area contributed by atoms with Crippen LogP contribution in [0.25, 0.3) is 5.65 Å². The summed E-state index contributed by atoms with van der Waals surface area (Å²) in [6.07, 6.45) is -0.802. The molecule has 1 aliphatic rings. The Kier molecular flexibility index (Phi) is 3.14. The number of nitrogens with zero attached hydrogens (tertiary/aromatic N) is 2. The fourth-order valence-electron chi connectivity index (χ4n) is 3.14. The van der Waals surface area contributed by atoms with E-state index in [1.165, 1.54) is 0 Å². The number of aliphatic hydroxyl groups is 2. The second-order valence-electron chi connectivity index (χ2n) is 5.96. The number of rotatable bonds is 1. The van der Waals surface area contributed by atoms with Crippen LogP contribution < -0.4 is 4.74 Å². The molecule has 0 bridgehead atoms. The number of aliphatic hydroxyl groups excluding tert-OH is 2. The zero-order valence-electron chi connectivity index (χ0n) is 13.0. The SMILES string of the molecule is Cc1nc2c3c(ccn2c1C)C(O)C(O)C(c1ccccc1)O3. The molecule has 2 aromatic heterocycles. The molecule has 3 aromatic rings. The van der Waals surface area contributed by atoms with E-state index in [2.05, 4.69) is 4.98 Å². The van der Waals surface area contributed by atoms with Crippen molar-refractivity contribution in [1.29, 1.82) is 0 Å². The van der Waals surface area contributed by atoms with E-state index in [-0.39, 0.29) is 0 Å². The maximum absolute atomic E-state index is 10.5. The summed E-state index contributed by atoms with van der Waals surface area (Å²) in [7, 11) is 0. The Labute approximate surface area is 133 Å². The van der Waals surface area contributed by atoms with Gasteiger partial charge in [0.1, 0.15) is 12.2 Å². The Morgan fingerprint density at radius 3 is 2.57 bits per heavy atom. The van der Waals surface area contributed by atoms with Crippen LogP contribution >= 0.6 is 0 Å². The van der Waals surface area contributed by atoms with Gasteiger partial charge >= 0.3 is 0 Å². The molecule has 0 spiro atoms. The van der Waals surface area contributed by atoms with Gasteiger partial charge in [0.15, 0.2) is 17.5 Å². The van der Waals surface area contributed by atoms with Crippen LogP contribution in [-0.2, 0) is 0 Å². The zero-order valence-corrected chi connectivity index (χ0v) is 13.0. The molecule has 4 rings (SSSR count). The van der Waals surface area contributed by atoms with E-state index in [0.717, 1.165) is 17.0 Å². The number of imidazole rings is 1. The van der Waals surface area contributed by atoms with E-state index < -0.39 is 18.3 Å². The first-order valence-corrected chi connectivity index (χ1v) is 7.64. The van der Waals surface area contributed by atoms with Gasteiger partial charge < -0.3 is 19.4 Å². The molecule has 1 aliphatic heterocycles. The van der Waals surface area contributed by atoms with Gasteiger partial charge in [-0.15, -0.1) is 0 Å². The van der Waals surface area contributed by atoms with Gasteiger partial charge in [0, 0.05) is 17.5 Å². The molecule has 3 atom stereocenters. The van der Waals surface area contributed by atoms with Crippen LogP contribution in [0.3, 0.4) is 0 Å². The van der Waals surface area contributed by atoms with Crippen molar-refractivity contribution in [2.45, 2.75) is 32.2 Å². The largest absolute Gasteiger partial charge is 0.479 e. The van der Waals surface area contributed by atoms with Crippen LogP contribution in [0.15, 0.2) is 42.6 Å². The topological polar surface area (TPSA) is 67.0 Å². The summed E-state index contributed by atoms with van der Waals surface area (Å²) in [5.41, 5.74) is 4.01. The van der Waals surface area contributed by atoms with E-state index in [1.54, 1.807) is 6.07 Å². The highest BCUT2D eigenvalue weighted by atomic mass is 16.5. The predicted molar refractivity (Wildman–Crippen MR) is 85.4 cm³/mol. The van der Waals surface area contributed by atoms with Crippen LogP contribution in [0.4, 0.5) is 0 Å². The second kappa shape index (κ2) is 5.08. The van der Waals surface area contributed by atoms with Crippen molar-refractivity contribution in [3.8, 4) is 5.75 Å². The highest BCUT2D eigenvalue weighted by molar-refractivity contribution is 5.62. The van der Waals surface area contributed by atoms with E-state index in [1.807, 2.05) is 54.8 Å². The van der Waals surface area contributed by atoms with Gasteiger partial charge in [-0.05, 0) is 25.5 Å². The standard InChI is InChI=1S/C18H18N2O3/c1-10-11(2)20-9-8-13-14(21)15(22)16(12-6-4-3-5-7-12)23-17(13)18(20)19-10/h3-9,14-16,21-22H,1-2H3. The average Bonchev–Trinajstić information content (AvgIpc) is 2.86. The molecule has 0 aliphatic carbocycles. The van der Waals surface area contributed by atoms with Gasteiger partial charge in [0.05, 0.1) is 5.69 Å². The maximum Gasteiger partial charge on any atom is 0.180 e. The number of benzene rings is 1. The molecule has 0 fully saturated rings. The summed E-state index contributed by atoms with van der Waals surface area (Å²) in [6.45, 7) is 3.93. The minimum Gasteiger partial charge on any atom is -0.479 e. The lowest BCUT2D eigenvalue weighted by Gasteiger charge is -2.34. The van der Waals surface area contributed by atoms with Crippen LogP contribution in [0, 0.1) is 13.8 Å². The summed E-state index contributed by atoms with van der Waals surface area (Å²) in [5.74, 6) is 0.537. The molecule has 0 saturated carbocycles. The van der Waals surface area contributed by atoms with Crippen molar-refractivity contribution in [2.24, 2.45) is 0 Å². The van der Waals surface area contributed by atoms with Gasteiger partial charge in [-0.25, -0.2) is 4.98 Å². The Morgan fingerprint density at radius 2 is 1.83 bits per heavy atom. The van der Waals surface area contributed by atoms with Crippen molar-refractivity contribution >= 4 is 5.65 Å². The van der Waals surface area contributed by atoms with E-state index >= 15 is 0 Å². The molecular weight excluding hydrogens is 292 g/mol. The molecule has 2 N–H and O–H groups in total. The Morgan fingerprint density at radius 1 is 1.09 bits per heavy atom. The molecule has 5 nitrogen and oxygen atoms in total. The minimum absolute atomic E-state index is 0.537. The molecule has 1 aromatic carbocycles. The summed E-state index contributed by atoms with van der Waals surface area (Å²) in [6, 6.07) is 11.2. The number of hydrogen-bond acceptors (Lipinski definition) is 4. The number of ether oxygens (including phenoxy) is 1. The van der Waals surface area contributed by atoms with Crippen molar-refractivity contribution in [2.75, 3.05) is 0 Å². The van der Waals surface area contributed by atoms with Crippen molar-refractivity contribution in [3.05, 3.63) is 65.1 Å². The van der Waals surface area contributed by atoms with E-state index in [0.29, 0.717) is 17.0 Å². The lowest BCUT2D eigenvalue weighted by molar-refractivity contribution is -0.0695. The summed E-state index contributed by atoms with van der Waals surface area (Å²) >= 11 is 0. The first-order chi connectivity index (χ1) is 11.1. The van der Waals surface area contributed by atoms with Gasteiger partial charge in [-0.2, -0.15) is 0 Å². The lowest BCUT2D eigenvalue weighted by atomic mass is 9.93. The van der Waals surface area contributed by atoms with E-state index in [9.17, 15) is 10.2 Å². The van der Waals surface area contributed by atoms with Gasteiger partial charge in [-0.3, -0.25) is 0 Å². The Hall–Kier alpha value is -2.37. The Balaban J connectivity index is 1.90.